The van der Waals surface area contributed by atoms with Gasteiger partial charge in [0.1, 0.15) is 5.75 Å². The lowest BCUT2D eigenvalue weighted by atomic mass is 10.2. The second-order valence-electron chi connectivity index (χ2n) is 4.77. The Morgan fingerprint density at radius 3 is 2.22 bits per heavy atom. The number of unbranched alkanes of at least 4 members (excludes halogenated alkanes) is 2. The van der Waals surface area contributed by atoms with Crippen molar-refractivity contribution in [3.05, 3.63) is 28.8 Å². The smallest absolute Gasteiger partial charge is 0.134 e. The minimum atomic E-state index is 0.161. The molecule has 0 aliphatic carbocycles. The molecule has 0 atom stereocenters. The quantitative estimate of drug-likeness (QED) is 0.754. The summed E-state index contributed by atoms with van der Waals surface area (Å²) in [5.41, 5.74) is 1.17. The molecule has 0 aliphatic heterocycles. The number of hydrogen-bond donors (Lipinski definition) is 1. The molecule has 0 aliphatic rings. The SMILES string of the molecule is CCCCN(CCCC)Cc1ccc(O)c(Cl)c1. The van der Waals surface area contributed by atoms with Gasteiger partial charge in [0, 0.05) is 6.54 Å². The Bertz CT molecular complexity index is 346. The molecule has 0 spiro atoms. The second-order valence-corrected chi connectivity index (χ2v) is 5.18. The molecule has 0 saturated carbocycles. The molecule has 0 radical (unpaired) electrons. The summed E-state index contributed by atoms with van der Waals surface area (Å²) in [6.07, 6.45) is 4.91. The molecule has 0 aromatic heterocycles. The Balaban J connectivity index is 2.59. The van der Waals surface area contributed by atoms with Crippen molar-refractivity contribution in [2.75, 3.05) is 13.1 Å². The van der Waals surface area contributed by atoms with Gasteiger partial charge in [-0.25, -0.2) is 0 Å². The highest BCUT2D eigenvalue weighted by atomic mass is 35.5. The number of rotatable bonds is 8. The zero-order chi connectivity index (χ0) is 13.4. The van der Waals surface area contributed by atoms with E-state index in [-0.39, 0.29) is 5.75 Å². The summed E-state index contributed by atoms with van der Waals surface area (Å²) in [4.78, 5) is 2.47. The van der Waals surface area contributed by atoms with Crippen LogP contribution in [0.3, 0.4) is 0 Å². The summed E-state index contributed by atoms with van der Waals surface area (Å²) in [6, 6.07) is 5.49. The van der Waals surface area contributed by atoms with Crippen molar-refractivity contribution in [2.24, 2.45) is 0 Å². The maximum atomic E-state index is 9.42. The third-order valence-electron chi connectivity index (χ3n) is 3.07. The first-order valence-electron chi connectivity index (χ1n) is 6.87. The molecule has 0 bridgehead atoms. The molecule has 0 unspecified atom stereocenters. The molecule has 0 fully saturated rings. The Morgan fingerprint density at radius 1 is 1.11 bits per heavy atom. The lowest BCUT2D eigenvalue weighted by Gasteiger charge is -2.22. The van der Waals surface area contributed by atoms with E-state index in [0.29, 0.717) is 5.02 Å². The number of phenols is 1. The van der Waals surface area contributed by atoms with E-state index in [9.17, 15) is 5.11 Å². The van der Waals surface area contributed by atoms with Crippen LogP contribution in [0.5, 0.6) is 5.75 Å². The normalized spacial score (nSPS) is 11.1. The average molecular weight is 270 g/mol. The summed E-state index contributed by atoms with van der Waals surface area (Å²) >= 11 is 5.94. The fourth-order valence-corrected chi connectivity index (χ4v) is 2.14. The average Bonchev–Trinajstić information content (AvgIpc) is 2.37. The summed E-state index contributed by atoms with van der Waals surface area (Å²) in [5.74, 6) is 0.161. The van der Waals surface area contributed by atoms with E-state index < -0.39 is 0 Å². The van der Waals surface area contributed by atoms with Crippen LogP contribution >= 0.6 is 11.6 Å². The van der Waals surface area contributed by atoms with Crippen molar-refractivity contribution in [3.63, 3.8) is 0 Å². The summed E-state index contributed by atoms with van der Waals surface area (Å²) in [6.45, 7) is 7.62. The third kappa shape index (κ3) is 5.28. The van der Waals surface area contributed by atoms with Gasteiger partial charge >= 0.3 is 0 Å². The molecule has 102 valence electrons. The minimum Gasteiger partial charge on any atom is -0.506 e. The van der Waals surface area contributed by atoms with Gasteiger partial charge in [-0.05, 0) is 43.6 Å². The van der Waals surface area contributed by atoms with Crippen LogP contribution in [0.25, 0.3) is 0 Å². The van der Waals surface area contributed by atoms with Gasteiger partial charge in [-0.15, -0.1) is 0 Å². The summed E-state index contributed by atoms with van der Waals surface area (Å²) in [7, 11) is 0. The van der Waals surface area contributed by atoms with Crippen LogP contribution in [0.15, 0.2) is 18.2 Å². The number of phenolic OH excluding ortho intramolecular Hbond substituents is 1. The van der Waals surface area contributed by atoms with Crippen molar-refractivity contribution < 1.29 is 5.11 Å². The number of hydrogen-bond acceptors (Lipinski definition) is 2. The van der Waals surface area contributed by atoms with Crippen LogP contribution in [0.4, 0.5) is 0 Å². The Morgan fingerprint density at radius 2 is 1.72 bits per heavy atom. The lowest BCUT2D eigenvalue weighted by Crippen LogP contribution is -2.25. The van der Waals surface area contributed by atoms with E-state index in [0.717, 1.165) is 19.6 Å². The van der Waals surface area contributed by atoms with Crippen molar-refractivity contribution in [1.82, 2.24) is 4.90 Å². The third-order valence-corrected chi connectivity index (χ3v) is 3.38. The first-order valence-corrected chi connectivity index (χ1v) is 7.25. The highest BCUT2D eigenvalue weighted by Gasteiger charge is 2.07. The highest BCUT2D eigenvalue weighted by molar-refractivity contribution is 6.32. The molecule has 1 N–H and O–H groups in total. The van der Waals surface area contributed by atoms with Crippen LogP contribution in [0.2, 0.25) is 5.02 Å². The zero-order valence-corrected chi connectivity index (χ0v) is 12.2. The summed E-state index contributed by atoms with van der Waals surface area (Å²) in [5, 5.41) is 9.86. The van der Waals surface area contributed by atoms with E-state index in [4.69, 9.17) is 11.6 Å². The van der Waals surface area contributed by atoms with Crippen LogP contribution < -0.4 is 0 Å². The maximum absolute atomic E-state index is 9.42. The molecule has 1 aromatic carbocycles. The molecule has 0 amide bonds. The number of nitrogens with zero attached hydrogens (tertiary/aromatic N) is 1. The summed E-state index contributed by atoms with van der Waals surface area (Å²) < 4.78 is 0. The molecule has 0 heterocycles. The van der Waals surface area contributed by atoms with Gasteiger partial charge in [0.25, 0.3) is 0 Å². The highest BCUT2D eigenvalue weighted by Crippen LogP contribution is 2.24. The Kier molecular flexibility index (Phi) is 7.14. The van der Waals surface area contributed by atoms with E-state index in [1.165, 1.54) is 31.2 Å². The van der Waals surface area contributed by atoms with Gasteiger partial charge in [-0.3, -0.25) is 4.90 Å². The van der Waals surface area contributed by atoms with E-state index in [2.05, 4.69) is 18.7 Å². The maximum Gasteiger partial charge on any atom is 0.134 e. The predicted octanol–water partition coefficient (Wildman–Crippen LogP) is 4.45. The standard InChI is InChI=1S/C15H24ClNO/c1-3-5-9-17(10-6-4-2)12-13-7-8-15(18)14(16)11-13/h7-8,11,18H,3-6,9-10,12H2,1-2H3. The van der Waals surface area contributed by atoms with Crippen molar-refractivity contribution >= 4 is 11.6 Å². The molecule has 1 aromatic rings. The van der Waals surface area contributed by atoms with Gasteiger partial charge in [0.2, 0.25) is 0 Å². The van der Waals surface area contributed by atoms with Crippen molar-refractivity contribution in [1.29, 1.82) is 0 Å². The Labute approximate surface area is 116 Å². The van der Waals surface area contributed by atoms with E-state index in [1.807, 2.05) is 12.1 Å². The Hall–Kier alpha value is -0.730. The molecular weight excluding hydrogens is 246 g/mol. The topological polar surface area (TPSA) is 23.5 Å². The first kappa shape index (κ1) is 15.3. The second kappa shape index (κ2) is 8.39. The van der Waals surface area contributed by atoms with Gasteiger partial charge < -0.3 is 5.11 Å². The number of aromatic hydroxyl groups is 1. The van der Waals surface area contributed by atoms with Crippen LogP contribution in [0, 0.1) is 0 Å². The molecular formula is C15H24ClNO. The molecule has 2 nitrogen and oxygen atoms in total. The minimum absolute atomic E-state index is 0.161. The number of halogens is 1. The van der Waals surface area contributed by atoms with E-state index >= 15 is 0 Å². The first-order chi connectivity index (χ1) is 8.67. The molecule has 18 heavy (non-hydrogen) atoms. The monoisotopic (exact) mass is 269 g/mol. The van der Waals surface area contributed by atoms with Crippen LogP contribution in [0.1, 0.15) is 45.1 Å². The molecule has 3 heteroatoms. The molecule has 1 rings (SSSR count). The van der Waals surface area contributed by atoms with E-state index in [1.54, 1.807) is 6.07 Å². The van der Waals surface area contributed by atoms with Gasteiger partial charge in [-0.1, -0.05) is 44.4 Å². The van der Waals surface area contributed by atoms with Gasteiger partial charge in [0.05, 0.1) is 5.02 Å². The van der Waals surface area contributed by atoms with Crippen molar-refractivity contribution in [3.8, 4) is 5.75 Å². The lowest BCUT2D eigenvalue weighted by molar-refractivity contribution is 0.257. The molecule has 0 saturated heterocycles. The van der Waals surface area contributed by atoms with Crippen LogP contribution in [-0.4, -0.2) is 23.1 Å². The number of benzene rings is 1. The van der Waals surface area contributed by atoms with Gasteiger partial charge in [0.15, 0.2) is 0 Å². The predicted molar refractivity (Wildman–Crippen MR) is 78.2 cm³/mol. The van der Waals surface area contributed by atoms with Crippen LogP contribution in [-0.2, 0) is 6.54 Å². The van der Waals surface area contributed by atoms with Gasteiger partial charge in [-0.2, -0.15) is 0 Å². The van der Waals surface area contributed by atoms with Crippen molar-refractivity contribution in [2.45, 2.75) is 46.1 Å². The zero-order valence-electron chi connectivity index (χ0n) is 11.5. The largest absolute Gasteiger partial charge is 0.506 e. The fourth-order valence-electron chi connectivity index (χ4n) is 1.94. The fraction of sp³-hybridized carbons (Fsp3) is 0.600.